The van der Waals surface area contributed by atoms with Crippen molar-refractivity contribution in [3.63, 3.8) is 0 Å². The summed E-state index contributed by atoms with van der Waals surface area (Å²) >= 11 is 6.03. The third-order valence-electron chi connectivity index (χ3n) is 6.92. The number of aliphatic hydroxyl groups excluding tert-OH is 1. The summed E-state index contributed by atoms with van der Waals surface area (Å²) in [7, 11) is 3.09. The van der Waals surface area contributed by atoms with E-state index in [-0.39, 0.29) is 11.3 Å². The summed E-state index contributed by atoms with van der Waals surface area (Å²) in [5.41, 5.74) is 1.01. The second kappa shape index (κ2) is 14.2. The maximum atomic E-state index is 13.4. The number of carbonyl (C=O) groups is 2. The molecule has 0 bridgehead atoms. The molecular formula is C30H39ClN2O5. The summed E-state index contributed by atoms with van der Waals surface area (Å²) < 4.78 is 11.1. The Hall–Kier alpha value is -3.03. The number of benzene rings is 2. The average molecular weight is 543 g/mol. The molecule has 0 aromatic heterocycles. The molecule has 3 rings (SSSR count). The summed E-state index contributed by atoms with van der Waals surface area (Å²) in [6.07, 6.45) is 5.19. The van der Waals surface area contributed by atoms with Gasteiger partial charge in [-0.2, -0.15) is 0 Å². The molecule has 1 saturated heterocycles. The molecule has 1 aliphatic heterocycles. The summed E-state index contributed by atoms with van der Waals surface area (Å²) in [5, 5.41) is 11.8. The molecule has 8 heteroatoms. The number of likely N-dealkylation sites (tertiary alicyclic amines) is 1. The van der Waals surface area contributed by atoms with Crippen molar-refractivity contribution in [1.82, 2.24) is 9.80 Å². The van der Waals surface area contributed by atoms with Crippen LogP contribution in [0.4, 0.5) is 0 Å². The van der Waals surface area contributed by atoms with Crippen LogP contribution in [-0.2, 0) is 9.59 Å². The Morgan fingerprint density at radius 2 is 1.58 bits per heavy atom. The molecule has 38 heavy (non-hydrogen) atoms. The highest BCUT2D eigenvalue weighted by Gasteiger charge is 2.47. The van der Waals surface area contributed by atoms with Crippen LogP contribution in [0.25, 0.3) is 5.76 Å². The molecule has 206 valence electrons. The second-order valence-electron chi connectivity index (χ2n) is 9.51. The minimum Gasteiger partial charge on any atom is -0.507 e. The van der Waals surface area contributed by atoms with Gasteiger partial charge in [-0.25, -0.2) is 0 Å². The van der Waals surface area contributed by atoms with Gasteiger partial charge in [0.1, 0.15) is 17.3 Å². The minimum atomic E-state index is -0.824. The molecule has 1 amide bonds. The van der Waals surface area contributed by atoms with E-state index in [4.69, 9.17) is 21.1 Å². The van der Waals surface area contributed by atoms with Crippen molar-refractivity contribution in [2.45, 2.75) is 52.0 Å². The first-order chi connectivity index (χ1) is 18.4. The highest BCUT2D eigenvalue weighted by atomic mass is 35.5. The molecule has 1 fully saturated rings. The molecule has 1 atom stereocenters. The number of ketones is 1. The fourth-order valence-corrected chi connectivity index (χ4v) is 4.94. The number of nitrogens with zero attached hydrogens (tertiary/aromatic N) is 2. The number of hydrogen-bond donors (Lipinski definition) is 1. The van der Waals surface area contributed by atoms with E-state index in [1.54, 1.807) is 54.5 Å². The van der Waals surface area contributed by atoms with Crippen molar-refractivity contribution in [3.05, 3.63) is 64.2 Å². The molecule has 1 N–H and O–H groups in total. The van der Waals surface area contributed by atoms with Crippen LogP contribution in [0, 0.1) is 0 Å². The van der Waals surface area contributed by atoms with E-state index in [0.29, 0.717) is 40.6 Å². The molecule has 0 saturated carbocycles. The number of Topliss-reactive ketones (excluding diaryl/α,β-unsaturated/α-hetero) is 1. The van der Waals surface area contributed by atoms with Crippen LogP contribution in [0.2, 0.25) is 5.02 Å². The van der Waals surface area contributed by atoms with Crippen LogP contribution in [0.5, 0.6) is 11.5 Å². The van der Waals surface area contributed by atoms with Gasteiger partial charge in [0.25, 0.3) is 11.7 Å². The number of aliphatic hydroxyl groups is 1. The fraction of sp³-hybridized carbons (Fsp3) is 0.467. The van der Waals surface area contributed by atoms with Crippen LogP contribution in [0.15, 0.2) is 48.0 Å². The van der Waals surface area contributed by atoms with Crippen molar-refractivity contribution in [2.24, 2.45) is 0 Å². The van der Waals surface area contributed by atoms with E-state index in [0.717, 1.165) is 45.3 Å². The van der Waals surface area contributed by atoms with E-state index in [1.807, 2.05) is 0 Å². The first kappa shape index (κ1) is 29.5. The quantitative estimate of drug-likeness (QED) is 0.177. The smallest absolute Gasteiger partial charge is 0.295 e. The van der Waals surface area contributed by atoms with Gasteiger partial charge in [-0.1, -0.05) is 38.3 Å². The zero-order valence-electron chi connectivity index (χ0n) is 22.8. The normalized spacial score (nSPS) is 16.9. The molecule has 2 aromatic carbocycles. The van der Waals surface area contributed by atoms with E-state index in [2.05, 4.69) is 18.7 Å². The average Bonchev–Trinajstić information content (AvgIpc) is 3.18. The first-order valence-electron chi connectivity index (χ1n) is 13.3. The van der Waals surface area contributed by atoms with Gasteiger partial charge >= 0.3 is 0 Å². The Balaban J connectivity index is 2.02. The second-order valence-corrected chi connectivity index (χ2v) is 9.95. The van der Waals surface area contributed by atoms with Crippen LogP contribution >= 0.6 is 11.6 Å². The number of halogens is 1. The highest BCUT2D eigenvalue weighted by molar-refractivity contribution is 6.46. The monoisotopic (exact) mass is 542 g/mol. The Morgan fingerprint density at radius 1 is 0.947 bits per heavy atom. The van der Waals surface area contributed by atoms with Crippen molar-refractivity contribution in [2.75, 3.05) is 40.4 Å². The summed E-state index contributed by atoms with van der Waals surface area (Å²) in [6.45, 7) is 7.57. The number of amides is 1. The predicted octanol–water partition coefficient (Wildman–Crippen LogP) is 6.07. The van der Waals surface area contributed by atoms with Crippen molar-refractivity contribution in [1.29, 1.82) is 0 Å². The summed E-state index contributed by atoms with van der Waals surface area (Å²) in [4.78, 5) is 30.8. The van der Waals surface area contributed by atoms with Crippen molar-refractivity contribution >= 4 is 29.1 Å². The number of unbranched alkanes of at least 4 members (excludes halogenated alkanes) is 2. The Labute approximate surface area is 231 Å². The van der Waals surface area contributed by atoms with Gasteiger partial charge in [-0.05, 0) is 81.4 Å². The fourth-order valence-electron chi connectivity index (χ4n) is 4.81. The molecule has 0 spiro atoms. The maximum Gasteiger partial charge on any atom is 0.295 e. The first-order valence-corrected chi connectivity index (χ1v) is 13.7. The molecular weight excluding hydrogens is 504 g/mol. The van der Waals surface area contributed by atoms with Gasteiger partial charge in [0, 0.05) is 22.7 Å². The predicted molar refractivity (Wildman–Crippen MR) is 151 cm³/mol. The third-order valence-corrected chi connectivity index (χ3v) is 7.17. The van der Waals surface area contributed by atoms with Gasteiger partial charge in [-0.3, -0.25) is 9.59 Å². The van der Waals surface area contributed by atoms with E-state index in [1.165, 1.54) is 7.11 Å². The Morgan fingerprint density at radius 3 is 2.16 bits per heavy atom. The van der Waals surface area contributed by atoms with Gasteiger partial charge < -0.3 is 24.4 Å². The van der Waals surface area contributed by atoms with Crippen LogP contribution < -0.4 is 9.47 Å². The van der Waals surface area contributed by atoms with Gasteiger partial charge in [0.05, 0.1) is 25.8 Å². The lowest BCUT2D eigenvalue weighted by Gasteiger charge is -2.28. The minimum absolute atomic E-state index is 0.0256. The molecule has 1 unspecified atom stereocenters. The van der Waals surface area contributed by atoms with Crippen LogP contribution in [-0.4, -0.2) is 67.0 Å². The maximum absolute atomic E-state index is 13.4. The van der Waals surface area contributed by atoms with Crippen molar-refractivity contribution < 1.29 is 24.2 Å². The number of carbonyl (C=O) groups excluding carboxylic acids is 2. The zero-order chi connectivity index (χ0) is 27.7. The number of methoxy groups -OCH3 is 2. The molecule has 0 aliphatic carbocycles. The van der Waals surface area contributed by atoms with Gasteiger partial charge in [0.2, 0.25) is 0 Å². The van der Waals surface area contributed by atoms with Crippen LogP contribution in [0.3, 0.4) is 0 Å². The Kier molecular flexibility index (Phi) is 11.0. The van der Waals surface area contributed by atoms with E-state index < -0.39 is 17.7 Å². The molecule has 1 aliphatic rings. The van der Waals surface area contributed by atoms with Crippen molar-refractivity contribution in [3.8, 4) is 11.5 Å². The lowest BCUT2D eigenvalue weighted by Crippen LogP contribution is -2.34. The number of ether oxygens (including phenoxy) is 2. The number of hydrogen-bond acceptors (Lipinski definition) is 6. The topological polar surface area (TPSA) is 79.3 Å². The summed E-state index contributed by atoms with van der Waals surface area (Å²) in [5.74, 6) is -0.546. The highest BCUT2D eigenvalue weighted by Crippen LogP contribution is 2.44. The third kappa shape index (κ3) is 6.88. The van der Waals surface area contributed by atoms with E-state index in [9.17, 15) is 14.7 Å². The molecule has 2 aromatic rings. The van der Waals surface area contributed by atoms with Gasteiger partial charge in [0.15, 0.2) is 0 Å². The summed E-state index contributed by atoms with van der Waals surface area (Å²) in [6, 6.07) is 11.0. The lowest BCUT2D eigenvalue weighted by molar-refractivity contribution is -0.140. The molecule has 0 radical (unpaired) electrons. The van der Waals surface area contributed by atoms with E-state index >= 15 is 0 Å². The zero-order valence-corrected chi connectivity index (χ0v) is 23.6. The lowest BCUT2D eigenvalue weighted by atomic mass is 9.94. The van der Waals surface area contributed by atoms with Gasteiger partial charge in [-0.15, -0.1) is 0 Å². The Bertz CT molecular complexity index is 1120. The largest absolute Gasteiger partial charge is 0.507 e. The number of rotatable bonds is 14. The van der Waals surface area contributed by atoms with Crippen LogP contribution in [0.1, 0.15) is 63.1 Å². The molecule has 7 nitrogen and oxygen atoms in total. The SMILES string of the molecule is CCCCN(CCCC)CCCN1C(=O)C(=O)/C(=C(\O)c2ccc(Cl)cc2)C1c1cc(OC)ccc1OC. The molecule has 1 heterocycles. The standard InChI is InChI=1S/C30H39ClN2O5/c1-5-7-16-32(17-8-6-2)18-9-19-33-27(24-20-23(37-3)14-15-25(24)38-4)26(29(35)30(33)36)28(34)21-10-12-22(31)13-11-21/h10-15,20,27,34H,5-9,16-19H2,1-4H3/b28-26-.